The molecule has 2 aromatic rings. The van der Waals surface area contributed by atoms with Crippen LogP contribution in [0.5, 0.6) is 0 Å². The predicted molar refractivity (Wildman–Crippen MR) is 108 cm³/mol. The summed E-state index contributed by atoms with van der Waals surface area (Å²) in [6, 6.07) is 9.42. The molecule has 1 unspecified atom stereocenters. The Bertz CT molecular complexity index is 826. The minimum atomic E-state index is -4.34. The van der Waals surface area contributed by atoms with Gasteiger partial charge in [0.25, 0.3) is 5.91 Å². The quantitative estimate of drug-likeness (QED) is 0.663. The van der Waals surface area contributed by atoms with Crippen LogP contribution in [0, 0.1) is 0 Å². The van der Waals surface area contributed by atoms with Crippen molar-refractivity contribution in [2.75, 3.05) is 6.54 Å². The highest BCUT2D eigenvalue weighted by atomic mass is 19.4. The molecule has 0 saturated heterocycles. The zero-order valence-corrected chi connectivity index (χ0v) is 17.4. The Kier molecular flexibility index (Phi) is 7.58. The smallest absolute Gasteiger partial charge is 0.416 e. The van der Waals surface area contributed by atoms with Gasteiger partial charge in [-0.05, 0) is 56.4 Å². The van der Waals surface area contributed by atoms with Crippen molar-refractivity contribution >= 4 is 5.91 Å². The van der Waals surface area contributed by atoms with E-state index in [0.29, 0.717) is 37.0 Å². The highest BCUT2D eigenvalue weighted by molar-refractivity contribution is 5.91. The van der Waals surface area contributed by atoms with Crippen molar-refractivity contribution in [1.29, 1.82) is 0 Å². The maximum atomic E-state index is 13.1. The number of furan rings is 1. The maximum absolute atomic E-state index is 13.1. The van der Waals surface area contributed by atoms with Crippen molar-refractivity contribution in [2.24, 2.45) is 0 Å². The van der Waals surface area contributed by atoms with Crippen molar-refractivity contribution in [2.45, 2.75) is 70.8 Å². The van der Waals surface area contributed by atoms with Crippen LogP contribution in [0.2, 0.25) is 0 Å². The lowest BCUT2D eigenvalue weighted by molar-refractivity contribution is -0.954. The first-order chi connectivity index (χ1) is 14.4. The van der Waals surface area contributed by atoms with Crippen LogP contribution in [0.3, 0.4) is 0 Å². The van der Waals surface area contributed by atoms with E-state index in [1.165, 1.54) is 23.5 Å². The third kappa shape index (κ3) is 6.11. The molecule has 0 radical (unpaired) electrons. The lowest BCUT2D eigenvalue weighted by atomic mass is 9.93. The van der Waals surface area contributed by atoms with Crippen LogP contribution in [-0.4, -0.2) is 18.5 Å². The molecule has 1 aliphatic rings. The van der Waals surface area contributed by atoms with E-state index in [2.05, 4.69) is 5.32 Å². The van der Waals surface area contributed by atoms with Gasteiger partial charge in [0.15, 0.2) is 11.5 Å². The lowest BCUT2D eigenvalue weighted by Gasteiger charge is -2.31. The summed E-state index contributed by atoms with van der Waals surface area (Å²) >= 11 is 0. The number of alkyl halides is 3. The molecule has 1 aliphatic carbocycles. The Morgan fingerprint density at radius 2 is 1.90 bits per heavy atom. The number of hydrogen-bond donors (Lipinski definition) is 2. The fraction of sp³-hybridized carbons (Fsp3) is 0.522. The Balaban J connectivity index is 1.75. The second kappa shape index (κ2) is 10.2. The van der Waals surface area contributed by atoms with E-state index in [-0.39, 0.29) is 11.7 Å². The minimum absolute atomic E-state index is 0.236. The molecule has 1 aromatic heterocycles. The van der Waals surface area contributed by atoms with Crippen molar-refractivity contribution in [3.05, 3.63) is 59.0 Å². The number of halogens is 3. The van der Waals surface area contributed by atoms with E-state index in [1.807, 2.05) is 6.92 Å². The largest absolute Gasteiger partial charge is 0.450 e. The number of nitrogens with one attached hydrogen (secondary N) is 2. The van der Waals surface area contributed by atoms with Gasteiger partial charge in [-0.15, -0.1) is 0 Å². The highest BCUT2D eigenvalue weighted by Crippen LogP contribution is 2.29. The molecule has 0 aliphatic heterocycles. The molecule has 0 spiro atoms. The second-order valence-electron chi connectivity index (χ2n) is 8.07. The standard InChI is InChI=1S/C23H29F3N2O2/c1-2-13-27-22(29)21-12-11-20(30-21)16-28(19-9-4-3-5-10-19)15-17-7-6-8-18(14-17)23(24,25)26/h6-8,11-12,14,19H,2-5,9-10,13,15-16H2,1H3,(H,27,29)/p+1. The third-order valence-electron chi connectivity index (χ3n) is 5.69. The van der Waals surface area contributed by atoms with Crippen molar-refractivity contribution < 1.29 is 27.3 Å². The summed E-state index contributed by atoms with van der Waals surface area (Å²) in [5.74, 6) is 0.727. The van der Waals surface area contributed by atoms with Gasteiger partial charge in [0.1, 0.15) is 13.1 Å². The first-order valence-corrected chi connectivity index (χ1v) is 10.7. The fourth-order valence-electron chi connectivity index (χ4n) is 4.13. The molecule has 0 bridgehead atoms. The Morgan fingerprint density at radius 1 is 1.13 bits per heavy atom. The van der Waals surface area contributed by atoms with E-state index in [0.717, 1.165) is 38.2 Å². The summed E-state index contributed by atoms with van der Waals surface area (Å²) in [6.45, 7) is 3.60. The molecule has 1 heterocycles. The molecule has 1 aromatic carbocycles. The van der Waals surface area contributed by atoms with Crippen LogP contribution >= 0.6 is 0 Å². The monoisotopic (exact) mass is 423 g/mol. The topological polar surface area (TPSA) is 46.7 Å². The molecule has 1 saturated carbocycles. The first kappa shape index (κ1) is 22.4. The van der Waals surface area contributed by atoms with Gasteiger partial charge in [-0.25, -0.2) is 0 Å². The maximum Gasteiger partial charge on any atom is 0.416 e. The SMILES string of the molecule is CCCNC(=O)c1ccc(C[NH+](Cc2cccc(C(F)(F)F)c2)C2CCCCC2)o1. The number of amides is 1. The second-order valence-corrected chi connectivity index (χ2v) is 8.07. The highest BCUT2D eigenvalue weighted by Gasteiger charge is 2.31. The number of rotatable bonds is 8. The van der Waals surface area contributed by atoms with E-state index in [9.17, 15) is 18.0 Å². The van der Waals surface area contributed by atoms with Crippen LogP contribution in [-0.2, 0) is 19.3 Å². The molecule has 1 fully saturated rings. The molecule has 1 amide bonds. The van der Waals surface area contributed by atoms with E-state index in [4.69, 9.17) is 4.42 Å². The summed E-state index contributed by atoms with van der Waals surface area (Å²) < 4.78 is 45.1. The summed E-state index contributed by atoms with van der Waals surface area (Å²) in [6.07, 6.45) is 2.09. The average molecular weight is 423 g/mol. The van der Waals surface area contributed by atoms with Gasteiger partial charge in [0, 0.05) is 12.1 Å². The van der Waals surface area contributed by atoms with E-state index < -0.39 is 11.7 Å². The molecular weight excluding hydrogens is 393 g/mol. The van der Waals surface area contributed by atoms with Crippen LogP contribution in [0.25, 0.3) is 0 Å². The van der Waals surface area contributed by atoms with Gasteiger partial charge in [-0.1, -0.05) is 25.5 Å². The van der Waals surface area contributed by atoms with Gasteiger partial charge in [-0.2, -0.15) is 13.2 Å². The van der Waals surface area contributed by atoms with Crippen LogP contribution in [0.1, 0.15) is 72.9 Å². The lowest BCUT2D eigenvalue weighted by Crippen LogP contribution is -3.13. The molecule has 164 valence electrons. The average Bonchev–Trinajstić information content (AvgIpc) is 3.20. The molecule has 1 atom stereocenters. The number of carbonyl (C=O) groups excluding carboxylic acids is 1. The number of benzene rings is 1. The molecule has 3 rings (SSSR count). The predicted octanol–water partition coefficient (Wildman–Crippen LogP) is 4.36. The van der Waals surface area contributed by atoms with Crippen molar-refractivity contribution in [3.8, 4) is 0 Å². The van der Waals surface area contributed by atoms with Gasteiger partial charge in [0.2, 0.25) is 0 Å². The third-order valence-corrected chi connectivity index (χ3v) is 5.69. The normalized spacial score (nSPS) is 16.4. The van der Waals surface area contributed by atoms with Crippen LogP contribution in [0.4, 0.5) is 13.2 Å². The Morgan fingerprint density at radius 3 is 2.60 bits per heavy atom. The number of quaternary nitrogens is 1. The molecule has 7 heteroatoms. The Labute approximate surface area is 175 Å². The Hall–Kier alpha value is -2.28. The zero-order valence-electron chi connectivity index (χ0n) is 17.4. The molecule has 30 heavy (non-hydrogen) atoms. The molecule has 2 N–H and O–H groups in total. The van der Waals surface area contributed by atoms with E-state index in [1.54, 1.807) is 18.2 Å². The molecular formula is C23H30F3N2O2+. The van der Waals surface area contributed by atoms with Crippen LogP contribution in [0.15, 0.2) is 40.8 Å². The van der Waals surface area contributed by atoms with Gasteiger partial charge in [-0.3, -0.25) is 4.79 Å². The zero-order chi connectivity index (χ0) is 21.6. The molecule has 4 nitrogen and oxygen atoms in total. The summed E-state index contributed by atoms with van der Waals surface area (Å²) in [4.78, 5) is 13.3. The fourth-order valence-corrected chi connectivity index (χ4v) is 4.13. The number of carbonyl (C=O) groups is 1. The van der Waals surface area contributed by atoms with Gasteiger partial charge < -0.3 is 14.6 Å². The first-order valence-electron chi connectivity index (χ1n) is 10.7. The summed E-state index contributed by atoms with van der Waals surface area (Å²) in [5, 5.41) is 2.79. The van der Waals surface area contributed by atoms with Gasteiger partial charge in [0.05, 0.1) is 11.6 Å². The van der Waals surface area contributed by atoms with Crippen molar-refractivity contribution in [3.63, 3.8) is 0 Å². The number of hydrogen-bond acceptors (Lipinski definition) is 2. The minimum Gasteiger partial charge on any atom is -0.450 e. The van der Waals surface area contributed by atoms with Crippen LogP contribution < -0.4 is 10.2 Å². The van der Waals surface area contributed by atoms with E-state index >= 15 is 0 Å². The summed E-state index contributed by atoms with van der Waals surface area (Å²) in [7, 11) is 0. The van der Waals surface area contributed by atoms with Gasteiger partial charge >= 0.3 is 6.18 Å². The van der Waals surface area contributed by atoms with Crippen molar-refractivity contribution in [1.82, 2.24) is 5.32 Å². The summed E-state index contributed by atoms with van der Waals surface area (Å²) in [5.41, 5.74) is 0.0498.